The summed E-state index contributed by atoms with van der Waals surface area (Å²) in [7, 11) is 0. The zero-order chi connectivity index (χ0) is 17.8. The van der Waals surface area contributed by atoms with Gasteiger partial charge >= 0.3 is 0 Å². The van der Waals surface area contributed by atoms with Crippen molar-refractivity contribution in [2.45, 2.75) is 149 Å². The van der Waals surface area contributed by atoms with E-state index in [2.05, 4.69) is 13.8 Å². The van der Waals surface area contributed by atoms with Gasteiger partial charge in [-0.2, -0.15) is 0 Å². The van der Waals surface area contributed by atoms with Gasteiger partial charge in [0.2, 0.25) is 0 Å². The van der Waals surface area contributed by atoms with E-state index in [0.29, 0.717) is 5.41 Å². The second kappa shape index (κ2) is 11.7. The van der Waals surface area contributed by atoms with Gasteiger partial charge < -0.3 is 0 Å². The molecule has 0 heteroatoms. The molecule has 2 rings (SSSR count). The van der Waals surface area contributed by atoms with Crippen molar-refractivity contribution >= 4 is 0 Å². The van der Waals surface area contributed by atoms with E-state index in [0.717, 1.165) is 5.41 Å². The molecular formula is C25H48. The molecule has 0 spiro atoms. The van der Waals surface area contributed by atoms with Crippen LogP contribution in [0.15, 0.2) is 0 Å². The maximum Gasteiger partial charge on any atom is -0.0298 e. The highest BCUT2D eigenvalue weighted by Gasteiger charge is 2.30. The molecule has 0 atom stereocenters. The molecule has 0 aromatic heterocycles. The summed E-state index contributed by atoms with van der Waals surface area (Å²) in [6.07, 6.45) is 31.6. The molecular weight excluding hydrogens is 300 g/mol. The van der Waals surface area contributed by atoms with E-state index in [1.54, 1.807) is 12.8 Å². The van der Waals surface area contributed by atoms with E-state index in [-0.39, 0.29) is 0 Å². The third kappa shape index (κ3) is 8.04. The first-order valence-corrected chi connectivity index (χ1v) is 12.2. The lowest BCUT2D eigenvalue weighted by molar-refractivity contribution is 0.148. The van der Waals surface area contributed by atoms with E-state index < -0.39 is 0 Å². The Morgan fingerprint density at radius 3 is 1.60 bits per heavy atom. The van der Waals surface area contributed by atoms with Gasteiger partial charge in [0.1, 0.15) is 0 Å². The lowest BCUT2D eigenvalue weighted by atomic mass is 9.68. The van der Waals surface area contributed by atoms with E-state index in [1.165, 1.54) is 122 Å². The fourth-order valence-corrected chi connectivity index (χ4v) is 6.05. The quantitative estimate of drug-likeness (QED) is 0.383. The Morgan fingerprint density at radius 2 is 1.00 bits per heavy atom. The normalized spacial score (nSPS) is 24.7. The van der Waals surface area contributed by atoms with Crippen molar-refractivity contribution in [1.82, 2.24) is 0 Å². The van der Waals surface area contributed by atoms with Gasteiger partial charge in [-0.05, 0) is 55.8 Å². The van der Waals surface area contributed by atoms with Crippen molar-refractivity contribution in [3.05, 3.63) is 0 Å². The predicted octanol–water partition coefficient (Wildman–Crippen LogP) is 9.22. The van der Waals surface area contributed by atoms with E-state index >= 15 is 0 Å². The van der Waals surface area contributed by atoms with Gasteiger partial charge in [0.15, 0.2) is 0 Å². The maximum atomic E-state index is 2.62. The zero-order valence-electron chi connectivity index (χ0n) is 17.8. The van der Waals surface area contributed by atoms with Crippen LogP contribution in [-0.4, -0.2) is 0 Å². The molecule has 0 nitrogen and oxygen atoms in total. The molecule has 0 aromatic rings. The van der Waals surface area contributed by atoms with Gasteiger partial charge in [-0.15, -0.1) is 0 Å². The molecule has 0 saturated heterocycles. The third-order valence-corrected chi connectivity index (χ3v) is 7.74. The molecule has 25 heavy (non-hydrogen) atoms. The highest BCUT2D eigenvalue weighted by Crippen LogP contribution is 2.44. The summed E-state index contributed by atoms with van der Waals surface area (Å²) < 4.78 is 0. The van der Waals surface area contributed by atoms with Crippen LogP contribution in [0.1, 0.15) is 149 Å². The van der Waals surface area contributed by atoms with Crippen molar-refractivity contribution in [3.63, 3.8) is 0 Å². The first-order valence-electron chi connectivity index (χ1n) is 12.2. The Hall–Kier alpha value is 0. The van der Waals surface area contributed by atoms with Crippen molar-refractivity contribution in [1.29, 1.82) is 0 Å². The molecule has 0 N–H and O–H groups in total. The molecule has 2 aliphatic rings. The highest BCUT2D eigenvalue weighted by atomic mass is 14.4. The summed E-state index contributed by atoms with van der Waals surface area (Å²) in [6, 6.07) is 0. The zero-order valence-corrected chi connectivity index (χ0v) is 17.8. The van der Waals surface area contributed by atoms with Crippen LogP contribution in [0, 0.1) is 10.8 Å². The number of unbranched alkanes of at least 4 members (excludes halogenated alkanes) is 2. The topological polar surface area (TPSA) is 0 Å². The van der Waals surface area contributed by atoms with Gasteiger partial charge in [-0.1, -0.05) is 104 Å². The first kappa shape index (κ1) is 21.3. The minimum atomic E-state index is 0.670. The molecule has 0 bridgehead atoms. The van der Waals surface area contributed by atoms with Crippen LogP contribution in [0.4, 0.5) is 0 Å². The summed E-state index contributed by atoms with van der Waals surface area (Å²) in [5.74, 6) is 0. The Morgan fingerprint density at radius 1 is 0.520 bits per heavy atom. The molecule has 0 unspecified atom stereocenters. The number of hydrogen-bond acceptors (Lipinski definition) is 0. The summed E-state index contributed by atoms with van der Waals surface area (Å²) in [5.41, 5.74) is 1.43. The van der Waals surface area contributed by atoms with E-state index in [1.807, 2.05) is 0 Å². The average Bonchev–Trinajstić information content (AvgIpc) is 2.61. The fraction of sp³-hybridized carbons (Fsp3) is 1.00. The number of rotatable bonds is 8. The molecule has 2 aliphatic carbocycles. The highest BCUT2D eigenvalue weighted by molar-refractivity contribution is 4.83. The lowest BCUT2D eigenvalue weighted by Gasteiger charge is -2.38. The summed E-state index contributed by atoms with van der Waals surface area (Å²) in [5, 5.41) is 0. The molecule has 148 valence electrons. The molecule has 2 saturated carbocycles. The lowest BCUT2D eigenvalue weighted by Crippen LogP contribution is -2.24. The molecule has 0 aliphatic heterocycles. The van der Waals surface area contributed by atoms with Crippen LogP contribution >= 0.6 is 0 Å². The minimum absolute atomic E-state index is 0.670. The Labute approximate surface area is 159 Å². The van der Waals surface area contributed by atoms with Crippen molar-refractivity contribution in [3.8, 4) is 0 Å². The van der Waals surface area contributed by atoms with Crippen LogP contribution in [0.2, 0.25) is 0 Å². The molecule has 0 aromatic carbocycles. The minimum Gasteiger partial charge on any atom is -0.0654 e. The molecule has 2 fully saturated rings. The van der Waals surface area contributed by atoms with Crippen molar-refractivity contribution in [2.75, 3.05) is 0 Å². The van der Waals surface area contributed by atoms with Crippen LogP contribution in [-0.2, 0) is 0 Å². The van der Waals surface area contributed by atoms with Crippen molar-refractivity contribution in [2.24, 2.45) is 10.8 Å². The van der Waals surface area contributed by atoms with Gasteiger partial charge in [0.25, 0.3) is 0 Å². The summed E-state index contributed by atoms with van der Waals surface area (Å²) in [4.78, 5) is 0. The smallest absolute Gasteiger partial charge is 0.0298 e. The Balaban J connectivity index is 1.67. The Kier molecular flexibility index (Phi) is 9.93. The summed E-state index contributed by atoms with van der Waals surface area (Å²) >= 11 is 0. The summed E-state index contributed by atoms with van der Waals surface area (Å²) in [6.45, 7) is 5.02. The van der Waals surface area contributed by atoms with E-state index in [9.17, 15) is 0 Å². The van der Waals surface area contributed by atoms with Crippen LogP contribution in [0.25, 0.3) is 0 Å². The van der Waals surface area contributed by atoms with Crippen LogP contribution < -0.4 is 0 Å². The maximum absolute atomic E-state index is 2.62. The predicted molar refractivity (Wildman–Crippen MR) is 113 cm³/mol. The van der Waals surface area contributed by atoms with Crippen LogP contribution in [0.3, 0.4) is 0 Å². The van der Waals surface area contributed by atoms with Gasteiger partial charge in [0.05, 0.1) is 0 Å². The second-order valence-corrected chi connectivity index (χ2v) is 10.2. The van der Waals surface area contributed by atoms with Gasteiger partial charge in [-0.3, -0.25) is 0 Å². The van der Waals surface area contributed by atoms with Gasteiger partial charge in [-0.25, -0.2) is 0 Å². The van der Waals surface area contributed by atoms with Crippen molar-refractivity contribution < 1.29 is 0 Å². The monoisotopic (exact) mass is 348 g/mol. The van der Waals surface area contributed by atoms with E-state index in [4.69, 9.17) is 0 Å². The SMILES string of the molecule is CCCC1(CCCCCC2(C)CCCCCCCCC2)CCCCC1. The average molecular weight is 349 g/mol. The second-order valence-electron chi connectivity index (χ2n) is 10.2. The van der Waals surface area contributed by atoms with Gasteiger partial charge in [0, 0.05) is 0 Å². The third-order valence-electron chi connectivity index (χ3n) is 7.74. The molecule has 0 radical (unpaired) electrons. The number of hydrogen-bond donors (Lipinski definition) is 0. The standard InChI is InChI=1S/C25H48/c1-3-17-25(22-15-10-16-23-25)21-14-9-13-20-24(2)18-11-7-5-4-6-8-12-19-24/h3-23H2,1-2H3. The Bertz CT molecular complexity index is 307. The molecule has 0 heterocycles. The largest absolute Gasteiger partial charge is 0.0654 e. The fourth-order valence-electron chi connectivity index (χ4n) is 6.05. The first-order chi connectivity index (χ1) is 12.2. The van der Waals surface area contributed by atoms with Crippen LogP contribution in [0.5, 0.6) is 0 Å². The molecule has 0 amide bonds.